The van der Waals surface area contributed by atoms with E-state index in [1.54, 1.807) is 19.2 Å². The van der Waals surface area contributed by atoms with Crippen LogP contribution in [0.25, 0.3) is 16.9 Å². The summed E-state index contributed by atoms with van der Waals surface area (Å²) in [7, 11) is -2.18. The number of ether oxygens (including phenoxy) is 1. The molecule has 30 heavy (non-hydrogen) atoms. The average Bonchev–Trinajstić information content (AvgIpc) is 3.12. The fourth-order valence-electron chi connectivity index (χ4n) is 3.34. The zero-order valence-corrected chi connectivity index (χ0v) is 18.1. The van der Waals surface area contributed by atoms with E-state index in [0.29, 0.717) is 11.4 Å². The molecule has 2 heterocycles. The quantitative estimate of drug-likeness (QED) is 0.505. The van der Waals surface area contributed by atoms with Gasteiger partial charge in [0.05, 0.1) is 23.4 Å². The molecule has 0 bridgehead atoms. The van der Waals surface area contributed by atoms with Crippen molar-refractivity contribution in [3.8, 4) is 17.0 Å². The topological polar surface area (TPSA) is 72.7 Å². The Kier molecular flexibility index (Phi) is 4.99. The van der Waals surface area contributed by atoms with Crippen molar-refractivity contribution < 1.29 is 13.2 Å². The van der Waals surface area contributed by atoms with Crippen LogP contribution in [-0.2, 0) is 10.0 Å². The highest BCUT2D eigenvalue weighted by atomic mass is 32.2. The van der Waals surface area contributed by atoms with Crippen LogP contribution < -0.4 is 9.46 Å². The summed E-state index contributed by atoms with van der Waals surface area (Å²) in [6, 6.07) is 14.5. The van der Waals surface area contributed by atoms with Gasteiger partial charge in [0.25, 0.3) is 10.0 Å². The molecule has 0 aliphatic rings. The summed E-state index contributed by atoms with van der Waals surface area (Å²) in [4.78, 5) is 4.86. The first-order valence-electron chi connectivity index (χ1n) is 9.51. The van der Waals surface area contributed by atoms with Crippen molar-refractivity contribution in [2.45, 2.75) is 25.7 Å². The fourth-order valence-corrected chi connectivity index (χ4v) is 4.54. The minimum Gasteiger partial charge on any atom is -0.496 e. The number of hydrogen-bond acceptors (Lipinski definition) is 4. The molecule has 0 amide bonds. The summed E-state index contributed by atoms with van der Waals surface area (Å²) >= 11 is 0. The van der Waals surface area contributed by atoms with Crippen molar-refractivity contribution >= 4 is 21.4 Å². The standard InChI is InChI=1S/C23H23N3O3S/c1-15-9-10-26-14-21(24-23(26)11-15)18-6-5-16(2)20(13-18)25-30(27,28)19-7-8-22(29-4)17(3)12-19/h5-14,25H,1-4H3. The number of aromatic nitrogens is 2. The first kappa shape index (κ1) is 20.0. The average molecular weight is 422 g/mol. The number of benzene rings is 2. The highest BCUT2D eigenvalue weighted by molar-refractivity contribution is 7.92. The predicted molar refractivity (Wildman–Crippen MR) is 119 cm³/mol. The summed E-state index contributed by atoms with van der Waals surface area (Å²) in [6.07, 6.45) is 3.90. The third-order valence-corrected chi connectivity index (χ3v) is 6.43. The molecule has 154 valence electrons. The predicted octanol–water partition coefficient (Wildman–Crippen LogP) is 4.74. The lowest BCUT2D eigenvalue weighted by Crippen LogP contribution is -2.14. The second-order valence-electron chi connectivity index (χ2n) is 7.36. The molecule has 4 rings (SSSR count). The van der Waals surface area contributed by atoms with Gasteiger partial charge in [-0.3, -0.25) is 4.72 Å². The maximum atomic E-state index is 13.0. The highest BCUT2D eigenvalue weighted by Gasteiger charge is 2.17. The Hall–Kier alpha value is -3.32. The monoisotopic (exact) mass is 421 g/mol. The van der Waals surface area contributed by atoms with Gasteiger partial charge in [-0.2, -0.15) is 0 Å². The zero-order valence-electron chi connectivity index (χ0n) is 17.3. The molecule has 0 fully saturated rings. The Morgan fingerprint density at radius 3 is 2.50 bits per heavy atom. The van der Waals surface area contributed by atoms with E-state index in [9.17, 15) is 8.42 Å². The van der Waals surface area contributed by atoms with E-state index in [2.05, 4.69) is 9.71 Å². The van der Waals surface area contributed by atoms with Crippen LogP contribution >= 0.6 is 0 Å². The second-order valence-corrected chi connectivity index (χ2v) is 9.04. The number of rotatable bonds is 5. The van der Waals surface area contributed by atoms with Crippen molar-refractivity contribution in [1.82, 2.24) is 9.38 Å². The molecule has 0 saturated carbocycles. The van der Waals surface area contributed by atoms with Crippen molar-refractivity contribution in [2.24, 2.45) is 0 Å². The number of methoxy groups -OCH3 is 1. The number of sulfonamides is 1. The number of nitrogens with zero attached hydrogens (tertiary/aromatic N) is 2. The molecule has 2 aromatic heterocycles. The van der Waals surface area contributed by atoms with Gasteiger partial charge in [-0.25, -0.2) is 13.4 Å². The minimum atomic E-state index is -3.74. The van der Waals surface area contributed by atoms with Crippen LogP contribution in [0.3, 0.4) is 0 Å². The maximum Gasteiger partial charge on any atom is 0.261 e. The number of anilines is 1. The van der Waals surface area contributed by atoms with Gasteiger partial charge in [-0.05, 0) is 73.9 Å². The van der Waals surface area contributed by atoms with Gasteiger partial charge in [0, 0.05) is 18.0 Å². The Morgan fingerprint density at radius 1 is 0.967 bits per heavy atom. The van der Waals surface area contributed by atoms with Crippen LogP contribution in [0, 0.1) is 20.8 Å². The molecular weight excluding hydrogens is 398 g/mol. The number of nitrogens with one attached hydrogen (secondary N) is 1. The number of imidazole rings is 1. The molecule has 0 unspecified atom stereocenters. The lowest BCUT2D eigenvalue weighted by Gasteiger charge is -2.13. The lowest BCUT2D eigenvalue weighted by molar-refractivity contribution is 0.411. The number of fused-ring (bicyclic) bond motifs is 1. The molecule has 0 atom stereocenters. The summed E-state index contributed by atoms with van der Waals surface area (Å²) in [5.74, 6) is 0.647. The molecule has 1 N–H and O–H groups in total. The SMILES string of the molecule is COc1ccc(S(=O)(=O)Nc2cc(-c3cn4ccc(C)cc4n3)ccc2C)cc1C. The second kappa shape index (κ2) is 7.50. The largest absolute Gasteiger partial charge is 0.496 e. The van der Waals surface area contributed by atoms with E-state index >= 15 is 0 Å². The van der Waals surface area contributed by atoms with Gasteiger partial charge >= 0.3 is 0 Å². The van der Waals surface area contributed by atoms with Crippen molar-refractivity contribution in [3.05, 3.63) is 77.6 Å². The highest BCUT2D eigenvalue weighted by Crippen LogP contribution is 2.28. The van der Waals surface area contributed by atoms with Gasteiger partial charge in [-0.1, -0.05) is 12.1 Å². The smallest absolute Gasteiger partial charge is 0.261 e. The summed E-state index contributed by atoms with van der Waals surface area (Å²) in [5.41, 5.74) is 5.70. The zero-order chi connectivity index (χ0) is 21.5. The van der Waals surface area contributed by atoms with E-state index in [0.717, 1.165) is 33.6 Å². The van der Waals surface area contributed by atoms with E-state index in [1.165, 1.54) is 6.07 Å². The van der Waals surface area contributed by atoms with Crippen molar-refractivity contribution in [3.63, 3.8) is 0 Å². The van der Waals surface area contributed by atoms with E-state index in [1.807, 2.05) is 67.9 Å². The van der Waals surface area contributed by atoms with E-state index in [4.69, 9.17) is 4.74 Å². The van der Waals surface area contributed by atoms with Crippen LogP contribution in [-0.4, -0.2) is 24.9 Å². The van der Waals surface area contributed by atoms with Crippen molar-refractivity contribution in [2.75, 3.05) is 11.8 Å². The normalized spacial score (nSPS) is 11.6. The lowest BCUT2D eigenvalue weighted by atomic mass is 10.1. The summed E-state index contributed by atoms with van der Waals surface area (Å²) in [5, 5.41) is 0. The molecule has 0 aliphatic carbocycles. The van der Waals surface area contributed by atoms with Crippen LogP contribution in [0.5, 0.6) is 5.75 Å². The Morgan fingerprint density at radius 2 is 1.77 bits per heavy atom. The number of pyridine rings is 1. The van der Waals surface area contributed by atoms with Gasteiger partial charge in [-0.15, -0.1) is 0 Å². The number of aryl methyl sites for hydroxylation is 3. The van der Waals surface area contributed by atoms with Crippen LogP contribution in [0.15, 0.2) is 65.8 Å². The minimum absolute atomic E-state index is 0.189. The maximum absolute atomic E-state index is 13.0. The van der Waals surface area contributed by atoms with E-state index in [-0.39, 0.29) is 4.90 Å². The summed E-state index contributed by atoms with van der Waals surface area (Å²) in [6.45, 7) is 5.71. The Bertz CT molecular complexity index is 1360. The van der Waals surface area contributed by atoms with Gasteiger partial charge in [0.2, 0.25) is 0 Å². The van der Waals surface area contributed by atoms with Gasteiger partial charge in [0.1, 0.15) is 11.4 Å². The molecule has 4 aromatic rings. The molecule has 7 heteroatoms. The van der Waals surface area contributed by atoms with Crippen LogP contribution in [0.1, 0.15) is 16.7 Å². The van der Waals surface area contributed by atoms with Gasteiger partial charge < -0.3 is 9.14 Å². The third kappa shape index (κ3) is 3.76. The van der Waals surface area contributed by atoms with E-state index < -0.39 is 10.0 Å². The first-order valence-corrected chi connectivity index (χ1v) is 11.0. The third-order valence-electron chi connectivity index (χ3n) is 5.07. The molecular formula is C23H23N3O3S. The molecule has 2 aromatic carbocycles. The Labute approximate surface area is 176 Å². The molecule has 0 spiro atoms. The molecule has 0 radical (unpaired) electrons. The van der Waals surface area contributed by atoms with Crippen molar-refractivity contribution in [1.29, 1.82) is 0 Å². The fraction of sp³-hybridized carbons (Fsp3) is 0.174. The molecule has 6 nitrogen and oxygen atoms in total. The van der Waals surface area contributed by atoms with Gasteiger partial charge in [0.15, 0.2) is 0 Å². The first-order chi connectivity index (χ1) is 14.3. The Balaban J connectivity index is 1.70. The molecule has 0 aliphatic heterocycles. The number of hydrogen-bond donors (Lipinski definition) is 1. The molecule has 0 saturated heterocycles. The van der Waals surface area contributed by atoms with Crippen LogP contribution in [0.2, 0.25) is 0 Å². The summed E-state index contributed by atoms with van der Waals surface area (Å²) < 4.78 is 35.8. The van der Waals surface area contributed by atoms with Crippen LogP contribution in [0.4, 0.5) is 5.69 Å².